The van der Waals surface area contributed by atoms with Crippen LogP contribution in [0.5, 0.6) is 5.75 Å². The molecule has 1 N–H and O–H groups in total. The van der Waals surface area contributed by atoms with Gasteiger partial charge in [0.15, 0.2) is 0 Å². The molecule has 0 saturated carbocycles. The van der Waals surface area contributed by atoms with Gasteiger partial charge < -0.3 is 10.1 Å². The fourth-order valence-electron chi connectivity index (χ4n) is 2.31. The summed E-state index contributed by atoms with van der Waals surface area (Å²) in [7, 11) is 1.62. The molecule has 1 amide bonds. The molecule has 0 radical (unpaired) electrons. The van der Waals surface area contributed by atoms with Gasteiger partial charge in [0.2, 0.25) is 0 Å². The third-order valence-corrected chi connectivity index (χ3v) is 3.53. The third-order valence-electron chi connectivity index (χ3n) is 3.53. The molecule has 23 heavy (non-hydrogen) atoms. The molecular formula is C18H17N3O2. The van der Waals surface area contributed by atoms with Gasteiger partial charge in [-0.2, -0.15) is 5.10 Å². The van der Waals surface area contributed by atoms with Crippen LogP contribution in [0.2, 0.25) is 0 Å². The van der Waals surface area contributed by atoms with Gasteiger partial charge in [0.1, 0.15) is 5.75 Å². The van der Waals surface area contributed by atoms with Crippen molar-refractivity contribution in [1.29, 1.82) is 0 Å². The van der Waals surface area contributed by atoms with E-state index in [9.17, 15) is 4.79 Å². The third kappa shape index (κ3) is 3.40. The minimum Gasteiger partial charge on any atom is -0.496 e. The smallest absolute Gasteiger partial charge is 0.251 e. The minimum absolute atomic E-state index is 0.122. The van der Waals surface area contributed by atoms with Gasteiger partial charge in [0, 0.05) is 30.1 Å². The number of nitrogens with zero attached hydrogens (tertiary/aromatic N) is 2. The lowest BCUT2D eigenvalue weighted by Gasteiger charge is -2.10. The van der Waals surface area contributed by atoms with E-state index in [0.29, 0.717) is 12.1 Å². The maximum absolute atomic E-state index is 12.2. The van der Waals surface area contributed by atoms with E-state index in [1.54, 1.807) is 30.1 Å². The molecule has 3 aromatic rings. The summed E-state index contributed by atoms with van der Waals surface area (Å²) in [5.74, 6) is 0.643. The van der Waals surface area contributed by atoms with E-state index in [0.717, 1.165) is 17.0 Å². The summed E-state index contributed by atoms with van der Waals surface area (Å²) in [6.45, 7) is 0.420. The first-order valence-corrected chi connectivity index (χ1v) is 7.28. The second-order valence-corrected chi connectivity index (χ2v) is 4.99. The molecular weight excluding hydrogens is 290 g/mol. The molecule has 0 bridgehead atoms. The molecule has 3 rings (SSSR count). The molecule has 1 heterocycles. The van der Waals surface area contributed by atoms with Crippen LogP contribution < -0.4 is 10.1 Å². The Hall–Kier alpha value is -3.08. The molecule has 2 aromatic carbocycles. The van der Waals surface area contributed by atoms with E-state index in [2.05, 4.69) is 10.4 Å². The van der Waals surface area contributed by atoms with Crippen LogP contribution in [0.1, 0.15) is 15.9 Å². The number of hydrogen-bond acceptors (Lipinski definition) is 3. The Bertz CT molecular complexity index is 780. The van der Waals surface area contributed by atoms with Crippen LogP contribution in [-0.2, 0) is 6.54 Å². The molecule has 116 valence electrons. The summed E-state index contributed by atoms with van der Waals surface area (Å²) in [5.41, 5.74) is 2.46. The van der Waals surface area contributed by atoms with Gasteiger partial charge in [-0.1, -0.05) is 18.2 Å². The highest BCUT2D eigenvalue weighted by molar-refractivity contribution is 5.94. The Balaban J connectivity index is 1.66. The lowest BCUT2D eigenvalue weighted by molar-refractivity contribution is 0.0950. The second-order valence-electron chi connectivity index (χ2n) is 4.99. The van der Waals surface area contributed by atoms with Crippen molar-refractivity contribution in [3.05, 3.63) is 78.1 Å². The lowest BCUT2D eigenvalue weighted by Crippen LogP contribution is -2.23. The first kappa shape index (κ1) is 14.8. The van der Waals surface area contributed by atoms with Crippen molar-refractivity contribution in [1.82, 2.24) is 15.1 Å². The summed E-state index contributed by atoms with van der Waals surface area (Å²) in [4.78, 5) is 12.2. The van der Waals surface area contributed by atoms with E-state index < -0.39 is 0 Å². The monoisotopic (exact) mass is 307 g/mol. The van der Waals surface area contributed by atoms with E-state index >= 15 is 0 Å². The van der Waals surface area contributed by atoms with E-state index in [-0.39, 0.29) is 5.91 Å². The predicted octanol–water partition coefficient (Wildman–Crippen LogP) is 2.81. The van der Waals surface area contributed by atoms with Crippen molar-refractivity contribution >= 4 is 5.91 Å². The van der Waals surface area contributed by atoms with E-state index in [4.69, 9.17) is 4.74 Å². The Kier molecular flexibility index (Phi) is 4.38. The van der Waals surface area contributed by atoms with Crippen LogP contribution in [-0.4, -0.2) is 22.8 Å². The van der Waals surface area contributed by atoms with Crippen LogP contribution >= 0.6 is 0 Å². The van der Waals surface area contributed by atoms with Crippen molar-refractivity contribution in [3.63, 3.8) is 0 Å². The summed E-state index contributed by atoms with van der Waals surface area (Å²) in [5, 5.41) is 7.06. The number of ether oxygens (including phenoxy) is 1. The van der Waals surface area contributed by atoms with Crippen molar-refractivity contribution in [3.8, 4) is 11.4 Å². The minimum atomic E-state index is -0.122. The van der Waals surface area contributed by atoms with Gasteiger partial charge >= 0.3 is 0 Å². The number of carbonyl (C=O) groups excluding carboxylic acids is 1. The van der Waals surface area contributed by atoms with Crippen LogP contribution in [0, 0.1) is 0 Å². The Morgan fingerprint density at radius 3 is 2.61 bits per heavy atom. The molecule has 0 fully saturated rings. The summed E-state index contributed by atoms with van der Waals surface area (Å²) < 4.78 is 7.03. The largest absolute Gasteiger partial charge is 0.496 e. The number of methoxy groups -OCH3 is 1. The zero-order chi connectivity index (χ0) is 16.1. The van der Waals surface area contributed by atoms with Gasteiger partial charge in [-0.25, -0.2) is 4.68 Å². The SMILES string of the molecule is COc1ccccc1CNC(=O)c1ccc(-n2cccn2)cc1. The van der Waals surface area contributed by atoms with Gasteiger partial charge in [-0.3, -0.25) is 4.79 Å². The number of carbonyl (C=O) groups is 1. The Labute approximate surface area is 134 Å². The van der Waals surface area contributed by atoms with Crippen molar-refractivity contribution in [2.75, 3.05) is 7.11 Å². The standard InChI is InChI=1S/C18H17N3O2/c1-23-17-6-3-2-5-15(17)13-19-18(22)14-7-9-16(10-8-14)21-12-4-11-20-21/h2-12H,13H2,1H3,(H,19,22). The topological polar surface area (TPSA) is 56.1 Å². The van der Waals surface area contributed by atoms with Crippen LogP contribution in [0.15, 0.2) is 67.0 Å². The summed E-state index contributed by atoms with van der Waals surface area (Å²) in [6.07, 6.45) is 3.57. The fourth-order valence-corrected chi connectivity index (χ4v) is 2.31. The average Bonchev–Trinajstić information content (AvgIpc) is 3.14. The predicted molar refractivity (Wildman–Crippen MR) is 87.7 cm³/mol. The molecule has 0 unspecified atom stereocenters. The zero-order valence-electron chi connectivity index (χ0n) is 12.8. The summed E-state index contributed by atoms with van der Waals surface area (Å²) >= 11 is 0. The Morgan fingerprint density at radius 1 is 1.13 bits per heavy atom. The normalized spacial score (nSPS) is 10.3. The van der Waals surface area contributed by atoms with Gasteiger partial charge in [-0.05, 0) is 36.4 Å². The number of para-hydroxylation sites is 1. The Morgan fingerprint density at radius 2 is 1.91 bits per heavy atom. The highest BCUT2D eigenvalue weighted by Gasteiger charge is 2.08. The van der Waals surface area contributed by atoms with Crippen LogP contribution in [0.3, 0.4) is 0 Å². The summed E-state index contributed by atoms with van der Waals surface area (Å²) in [6, 6.07) is 16.8. The van der Waals surface area contributed by atoms with Crippen LogP contribution in [0.25, 0.3) is 5.69 Å². The fraction of sp³-hybridized carbons (Fsp3) is 0.111. The number of amides is 1. The van der Waals surface area contributed by atoms with E-state index in [1.165, 1.54) is 0 Å². The van der Waals surface area contributed by atoms with Crippen LogP contribution in [0.4, 0.5) is 0 Å². The highest BCUT2D eigenvalue weighted by Crippen LogP contribution is 2.17. The molecule has 5 heteroatoms. The number of rotatable bonds is 5. The molecule has 0 aliphatic carbocycles. The zero-order valence-corrected chi connectivity index (χ0v) is 12.8. The number of hydrogen-bond donors (Lipinski definition) is 1. The van der Waals surface area contributed by atoms with Gasteiger partial charge in [-0.15, -0.1) is 0 Å². The number of benzene rings is 2. The molecule has 0 aliphatic heterocycles. The van der Waals surface area contributed by atoms with Crippen molar-refractivity contribution < 1.29 is 9.53 Å². The highest BCUT2D eigenvalue weighted by atomic mass is 16.5. The first-order valence-electron chi connectivity index (χ1n) is 7.28. The molecule has 0 saturated heterocycles. The molecule has 0 spiro atoms. The maximum Gasteiger partial charge on any atom is 0.251 e. The number of nitrogens with one attached hydrogen (secondary N) is 1. The molecule has 0 aliphatic rings. The van der Waals surface area contributed by atoms with E-state index in [1.807, 2.05) is 48.7 Å². The average molecular weight is 307 g/mol. The molecule has 5 nitrogen and oxygen atoms in total. The van der Waals surface area contributed by atoms with Gasteiger partial charge in [0.25, 0.3) is 5.91 Å². The molecule has 1 aromatic heterocycles. The lowest BCUT2D eigenvalue weighted by atomic mass is 10.1. The van der Waals surface area contributed by atoms with Crippen molar-refractivity contribution in [2.45, 2.75) is 6.54 Å². The molecule has 0 atom stereocenters. The number of aromatic nitrogens is 2. The maximum atomic E-state index is 12.2. The quantitative estimate of drug-likeness (QED) is 0.788. The van der Waals surface area contributed by atoms with Crippen molar-refractivity contribution in [2.24, 2.45) is 0 Å². The van der Waals surface area contributed by atoms with Gasteiger partial charge in [0.05, 0.1) is 12.8 Å². The first-order chi connectivity index (χ1) is 11.3. The second kappa shape index (κ2) is 6.79.